The van der Waals surface area contributed by atoms with Crippen molar-refractivity contribution in [3.8, 4) is 5.82 Å². The van der Waals surface area contributed by atoms with E-state index in [-0.39, 0.29) is 10.7 Å². The smallest absolute Gasteiger partial charge is 0.359 e. The summed E-state index contributed by atoms with van der Waals surface area (Å²) in [4.78, 5) is 29.1. The number of pyridine rings is 1. The van der Waals surface area contributed by atoms with Crippen LogP contribution in [0.5, 0.6) is 0 Å². The Balaban J connectivity index is 1.74. The summed E-state index contributed by atoms with van der Waals surface area (Å²) in [5.41, 5.74) is 2.11. The number of aryl methyl sites for hydroxylation is 2. The molecule has 3 rings (SSSR count). The van der Waals surface area contributed by atoms with Crippen LogP contribution in [0, 0.1) is 13.8 Å². The van der Waals surface area contributed by atoms with Crippen LogP contribution in [0.4, 0.5) is 5.69 Å². The van der Waals surface area contributed by atoms with Crippen molar-refractivity contribution in [1.82, 2.24) is 14.8 Å². The van der Waals surface area contributed by atoms with E-state index in [0.717, 1.165) is 11.4 Å². The Bertz CT molecular complexity index is 1060. The SMILES string of the molecule is Cc1cc(C)n(-c2ccc(Cl)c(C(=O)OC(C)C(=O)Nc3ccc(Cl)cc3)n2)n1. The van der Waals surface area contributed by atoms with Crippen molar-refractivity contribution in [2.24, 2.45) is 0 Å². The van der Waals surface area contributed by atoms with Crippen LogP contribution in [0.1, 0.15) is 28.8 Å². The summed E-state index contributed by atoms with van der Waals surface area (Å²) in [6.45, 7) is 5.19. The first kappa shape index (κ1) is 20.8. The van der Waals surface area contributed by atoms with Crippen LogP contribution >= 0.6 is 23.2 Å². The van der Waals surface area contributed by atoms with Gasteiger partial charge >= 0.3 is 5.97 Å². The van der Waals surface area contributed by atoms with Crippen molar-refractivity contribution >= 4 is 40.8 Å². The summed E-state index contributed by atoms with van der Waals surface area (Å²) in [5.74, 6) is -0.881. The molecule has 1 N–H and O–H groups in total. The monoisotopic (exact) mass is 432 g/mol. The van der Waals surface area contributed by atoms with E-state index in [2.05, 4.69) is 15.4 Å². The Morgan fingerprint density at radius 1 is 1.10 bits per heavy atom. The Kier molecular flexibility index (Phi) is 6.20. The molecular weight excluding hydrogens is 415 g/mol. The first-order valence-corrected chi connectivity index (χ1v) is 9.48. The minimum absolute atomic E-state index is 0.0946. The standard InChI is InChI=1S/C20H18Cl2N4O3/c1-11-10-12(2)26(25-11)17-9-8-16(22)18(24-17)20(28)29-13(3)19(27)23-15-6-4-14(21)5-7-15/h4-10,13H,1-3H3,(H,23,27). The second-order valence-electron chi connectivity index (χ2n) is 6.38. The van der Waals surface area contributed by atoms with Gasteiger partial charge in [0, 0.05) is 16.4 Å². The molecule has 0 saturated carbocycles. The fraction of sp³-hybridized carbons (Fsp3) is 0.200. The third-order valence-corrected chi connectivity index (χ3v) is 4.57. The Morgan fingerprint density at radius 2 is 1.79 bits per heavy atom. The number of nitrogens with zero attached hydrogens (tertiary/aromatic N) is 3. The minimum Gasteiger partial charge on any atom is -0.448 e. The van der Waals surface area contributed by atoms with Crippen LogP contribution in [0.3, 0.4) is 0 Å². The molecule has 29 heavy (non-hydrogen) atoms. The van der Waals surface area contributed by atoms with E-state index >= 15 is 0 Å². The van der Waals surface area contributed by atoms with Gasteiger partial charge in [-0.1, -0.05) is 23.2 Å². The van der Waals surface area contributed by atoms with E-state index in [4.69, 9.17) is 27.9 Å². The van der Waals surface area contributed by atoms with Crippen LogP contribution in [-0.2, 0) is 9.53 Å². The number of hydrogen-bond acceptors (Lipinski definition) is 5. The van der Waals surface area contributed by atoms with E-state index < -0.39 is 18.0 Å². The molecule has 7 nitrogen and oxygen atoms in total. The predicted octanol–water partition coefficient (Wildman–Crippen LogP) is 4.37. The molecule has 1 atom stereocenters. The summed E-state index contributed by atoms with van der Waals surface area (Å²) in [6, 6.07) is 11.6. The van der Waals surface area contributed by atoms with Gasteiger partial charge in [0.1, 0.15) is 0 Å². The molecule has 2 aromatic heterocycles. The maximum Gasteiger partial charge on any atom is 0.359 e. The Morgan fingerprint density at radius 3 is 2.41 bits per heavy atom. The first-order chi connectivity index (χ1) is 13.7. The minimum atomic E-state index is -1.06. The molecule has 0 fully saturated rings. The summed E-state index contributed by atoms with van der Waals surface area (Å²) < 4.78 is 6.84. The van der Waals surface area contributed by atoms with Gasteiger partial charge in [0.2, 0.25) is 0 Å². The molecular formula is C20H18Cl2N4O3. The van der Waals surface area contributed by atoms with Crippen LogP contribution in [0.15, 0.2) is 42.5 Å². The molecule has 0 saturated heterocycles. The summed E-state index contributed by atoms with van der Waals surface area (Å²) in [7, 11) is 0. The number of benzene rings is 1. The number of rotatable bonds is 5. The lowest BCUT2D eigenvalue weighted by atomic mass is 10.3. The van der Waals surface area contributed by atoms with Crippen LogP contribution < -0.4 is 5.32 Å². The zero-order valence-electron chi connectivity index (χ0n) is 15.9. The number of nitrogens with one attached hydrogen (secondary N) is 1. The van der Waals surface area contributed by atoms with Crippen molar-refractivity contribution in [2.45, 2.75) is 26.9 Å². The molecule has 1 unspecified atom stereocenters. The Labute approximate surface area is 177 Å². The normalized spacial score (nSPS) is 11.8. The molecule has 0 aliphatic carbocycles. The molecule has 1 amide bonds. The number of ether oxygens (including phenoxy) is 1. The van der Waals surface area contributed by atoms with Gasteiger partial charge < -0.3 is 10.1 Å². The van der Waals surface area contributed by atoms with Crippen molar-refractivity contribution in [3.05, 3.63) is 69.6 Å². The number of aromatic nitrogens is 3. The lowest BCUT2D eigenvalue weighted by Gasteiger charge is -2.14. The van der Waals surface area contributed by atoms with Crippen molar-refractivity contribution in [2.75, 3.05) is 5.32 Å². The highest BCUT2D eigenvalue weighted by atomic mass is 35.5. The zero-order chi connectivity index (χ0) is 21.1. The van der Waals surface area contributed by atoms with E-state index in [1.807, 2.05) is 19.9 Å². The van der Waals surface area contributed by atoms with Crippen LogP contribution in [-0.4, -0.2) is 32.7 Å². The molecule has 3 aromatic rings. The quantitative estimate of drug-likeness (QED) is 0.604. The maximum atomic E-state index is 12.6. The number of anilines is 1. The largest absolute Gasteiger partial charge is 0.448 e. The molecule has 0 radical (unpaired) electrons. The van der Waals surface area contributed by atoms with Gasteiger partial charge in [-0.3, -0.25) is 4.79 Å². The van der Waals surface area contributed by atoms with Gasteiger partial charge in [-0.15, -0.1) is 0 Å². The van der Waals surface area contributed by atoms with E-state index in [0.29, 0.717) is 16.5 Å². The third-order valence-electron chi connectivity index (χ3n) is 4.02. The summed E-state index contributed by atoms with van der Waals surface area (Å²) in [6.07, 6.45) is -1.06. The van der Waals surface area contributed by atoms with Gasteiger partial charge in [0.25, 0.3) is 5.91 Å². The second kappa shape index (κ2) is 8.63. The predicted molar refractivity (Wildman–Crippen MR) is 111 cm³/mol. The van der Waals surface area contributed by atoms with Gasteiger partial charge in [-0.25, -0.2) is 14.5 Å². The first-order valence-electron chi connectivity index (χ1n) is 8.72. The average molecular weight is 433 g/mol. The highest BCUT2D eigenvalue weighted by Gasteiger charge is 2.23. The lowest BCUT2D eigenvalue weighted by molar-refractivity contribution is -0.123. The summed E-state index contributed by atoms with van der Waals surface area (Å²) >= 11 is 11.9. The lowest BCUT2D eigenvalue weighted by Crippen LogP contribution is -2.30. The van der Waals surface area contributed by atoms with Crippen LogP contribution in [0.25, 0.3) is 5.82 Å². The van der Waals surface area contributed by atoms with Crippen molar-refractivity contribution < 1.29 is 14.3 Å². The topological polar surface area (TPSA) is 86.1 Å². The fourth-order valence-corrected chi connectivity index (χ4v) is 2.91. The summed E-state index contributed by atoms with van der Waals surface area (Å²) in [5, 5.41) is 7.65. The maximum absolute atomic E-state index is 12.6. The number of esters is 1. The third kappa shape index (κ3) is 4.93. The van der Waals surface area contributed by atoms with E-state index in [1.165, 1.54) is 13.0 Å². The molecule has 9 heteroatoms. The zero-order valence-corrected chi connectivity index (χ0v) is 17.5. The van der Waals surface area contributed by atoms with Crippen LogP contribution in [0.2, 0.25) is 10.0 Å². The number of carbonyl (C=O) groups is 2. The van der Waals surface area contributed by atoms with Gasteiger partial charge in [0.05, 0.1) is 10.7 Å². The number of hydrogen-bond donors (Lipinski definition) is 1. The molecule has 150 valence electrons. The fourth-order valence-electron chi connectivity index (χ4n) is 2.60. The molecule has 0 spiro atoms. The molecule has 2 heterocycles. The van der Waals surface area contributed by atoms with Gasteiger partial charge in [-0.05, 0) is 63.2 Å². The highest BCUT2D eigenvalue weighted by Crippen LogP contribution is 2.19. The number of carbonyl (C=O) groups excluding carboxylic acids is 2. The second-order valence-corrected chi connectivity index (χ2v) is 7.23. The highest BCUT2D eigenvalue weighted by molar-refractivity contribution is 6.33. The number of halogens is 2. The molecule has 1 aromatic carbocycles. The number of amides is 1. The van der Waals surface area contributed by atoms with Gasteiger partial charge in [0.15, 0.2) is 17.6 Å². The molecule has 0 aliphatic rings. The average Bonchev–Trinajstić information content (AvgIpc) is 3.02. The Hall–Kier alpha value is -2.90. The molecule has 0 aliphatic heterocycles. The van der Waals surface area contributed by atoms with E-state index in [9.17, 15) is 9.59 Å². The van der Waals surface area contributed by atoms with Crippen molar-refractivity contribution in [1.29, 1.82) is 0 Å². The van der Waals surface area contributed by atoms with Gasteiger partial charge in [-0.2, -0.15) is 5.10 Å². The van der Waals surface area contributed by atoms with Crippen molar-refractivity contribution in [3.63, 3.8) is 0 Å². The van der Waals surface area contributed by atoms with E-state index in [1.54, 1.807) is 35.0 Å². The molecule has 0 bridgehead atoms.